The smallest absolute Gasteiger partial charge is 0.0617 e. The van der Waals surface area contributed by atoms with E-state index in [1.54, 1.807) is 0 Å². The zero-order chi connectivity index (χ0) is 10.2. The Morgan fingerprint density at radius 2 is 2.00 bits per heavy atom. The quantitative estimate of drug-likeness (QED) is 0.714. The molecule has 0 aromatic heterocycles. The summed E-state index contributed by atoms with van der Waals surface area (Å²) in [7, 11) is 0. The van der Waals surface area contributed by atoms with Crippen LogP contribution in [-0.2, 0) is 4.74 Å². The van der Waals surface area contributed by atoms with Gasteiger partial charge in [0.1, 0.15) is 0 Å². The van der Waals surface area contributed by atoms with Gasteiger partial charge in [-0.2, -0.15) is 0 Å². The summed E-state index contributed by atoms with van der Waals surface area (Å²) in [6, 6.07) is 0.261. The maximum absolute atomic E-state index is 5.95. The summed E-state index contributed by atoms with van der Waals surface area (Å²) in [4.78, 5) is 0. The van der Waals surface area contributed by atoms with Gasteiger partial charge in [0, 0.05) is 12.6 Å². The van der Waals surface area contributed by atoms with Gasteiger partial charge in [-0.1, -0.05) is 32.1 Å². The first kappa shape index (κ1) is 12.0. The normalized spacial score (nSPS) is 21.0. The highest BCUT2D eigenvalue weighted by Crippen LogP contribution is 2.27. The molecule has 0 radical (unpaired) electrons. The molecule has 1 unspecified atom stereocenters. The van der Waals surface area contributed by atoms with Crippen molar-refractivity contribution < 1.29 is 4.74 Å². The first-order valence-electron chi connectivity index (χ1n) is 6.16. The maximum Gasteiger partial charge on any atom is 0.0617 e. The van der Waals surface area contributed by atoms with Crippen molar-refractivity contribution in [2.75, 3.05) is 13.2 Å². The molecule has 0 heterocycles. The summed E-state index contributed by atoms with van der Waals surface area (Å²) >= 11 is 0. The van der Waals surface area contributed by atoms with Crippen LogP contribution in [0.3, 0.4) is 0 Å². The van der Waals surface area contributed by atoms with Gasteiger partial charge in [-0.25, -0.2) is 0 Å². The molecule has 0 saturated heterocycles. The first-order valence-corrected chi connectivity index (χ1v) is 6.16. The molecule has 0 aliphatic heterocycles. The SMILES string of the molecule is CCOCC(N)CCC1CCCCC1. The van der Waals surface area contributed by atoms with Crippen LogP contribution in [-0.4, -0.2) is 19.3 Å². The Labute approximate surface area is 88.2 Å². The average molecular weight is 199 g/mol. The van der Waals surface area contributed by atoms with Gasteiger partial charge in [0.15, 0.2) is 0 Å². The van der Waals surface area contributed by atoms with Crippen molar-refractivity contribution in [3.8, 4) is 0 Å². The average Bonchev–Trinajstić information content (AvgIpc) is 2.25. The predicted octanol–water partition coefficient (Wildman–Crippen LogP) is 2.71. The highest BCUT2D eigenvalue weighted by molar-refractivity contribution is 4.69. The lowest BCUT2D eigenvalue weighted by molar-refractivity contribution is 0.128. The Hall–Kier alpha value is -0.0800. The molecule has 1 aliphatic carbocycles. The molecule has 1 aliphatic rings. The second-order valence-corrected chi connectivity index (χ2v) is 4.50. The largest absolute Gasteiger partial charge is 0.380 e. The van der Waals surface area contributed by atoms with Crippen molar-refractivity contribution in [3.05, 3.63) is 0 Å². The standard InChI is InChI=1S/C12H25NO/c1-2-14-10-12(13)9-8-11-6-4-3-5-7-11/h11-12H,2-10,13H2,1H3. The van der Waals surface area contributed by atoms with E-state index in [4.69, 9.17) is 10.5 Å². The molecule has 2 N–H and O–H groups in total. The van der Waals surface area contributed by atoms with Crippen molar-refractivity contribution >= 4 is 0 Å². The lowest BCUT2D eigenvalue weighted by Crippen LogP contribution is -2.27. The van der Waals surface area contributed by atoms with Crippen molar-refractivity contribution in [3.63, 3.8) is 0 Å². The van der Waals surface area contributed by atoms with E-state index in [9.17, 15) is 0 Å². The Balaban J connectivity index is 2.00. The molecule has 2 heteroatoms. The van der Waals surface area contributed by atoms with Crippen molar-refractivity contribution in [1.29, 1.82) is 0 Å². The van der Waals surface area contributed by atoms with Gasteiger partial charge in [-0.05, 0) is 25.7 Å². The molecule has 0 amide bonds. The topological polar surface area (TPSA) is 35.2 Å². The van der Waals surface area contributed by atoms with Crippen molar-refractivity contribution in [2.45, 2.75) is 57.9 Å². The maximum atomic E-state index is 5.95. The molecular formula is C12H25NO. The van der Waals surface area contributed by atoms with Crippen LogP contribution in [0, 0.1) is 5.92 Å². The van der Waals surface area contributed by atoms with Crippen LogP contribution >= 0.6 is 0 Å². The van der Waals surface area contributed by atoms with Gasteiger partial charge in [0.25, 0.3) is 0 Å². The Bertz CT molecular complexity index is 132. The van der Waals surface area contributed by atoms with Crippen LogP contribution in [0.2, 0.25) is 0 Å². The van der Waals surface area contributed by atoms with E-state index in [1.807, 2.05) is 6.92 Å². The van der Waals surface area contributed by atoms with Crippen LogP contribution in [0.1, 0.15) is 51.9 Å². The van der Waals surface area contributed by atoms with E-state index < -0.39 is 0 Å². The molecule has 1 fully saturated rings. The number of hydrogen-bond acceptors (Lipinski definition) is 2. The summed E-state index contributed by atoms with van der Waals surface area (Å²) in [6.45, 7) is 3.55. The second-order valence-electron chi connectivity index (χ2n) is 4.50. The molecular weight excluding hydrogens is 174 g/mol. The van der Waals surface area contributed by atoms with Gasteiger partial charge in [-0.3, -0.25) is 0 Å². The molecule has 14 heavy (non-hydrogen) atoms. The van der Waals surface area contributed by atoms with Crippen LogP contribution in [0.4, 0.5) is 0 Å². The van der Waals surface area contributed by atoms with E-state index in [1.165, 1.54) is 38.5 Å². The third kappa shape index (κ3) is 4.97. The zero-order valence-electron chi connectivity index (χ0n) is 9.50. The van der Waals surface area contributed by atoms with Crippen LogP contribution in [0.5, 0.6) is 0 Å². The van der Waals surface area contributed by atoms with Crippen LogP contribution in [0.15, 0.2) is 0 Å². The van der Waals surface area contributed by atoms with E-state index in [0.717, 1.165) is 25.6 Å². The zero-order valence-corrected chi connectivity index (χ0v) is 9.50. The van der Waals surface area contributed by atoms with Crippen molar-refractivity contribution in [2.24, 2.45) is 11.7 Å². The fourth-order valence-corrected chi connectivity index (χ4v) is 2.28. The summed E-state index contributed by atoms with van der Waals surface area (Å²) in [6.07, 6.45) is 9.64. The minimum absolute atomic E-state index is 0.261. The fourth-order valence-electron chi connectivity index (χ4n) is 2.28. The number of nitrogens with two attached hydrogens (primary N) is 1. The molecule has 0 aromatic carbocycles. The summed E-state index contributed by atoms with van der Waals surface area (Å²) in [5.41, 5.74) is 5.95. The second kappa shape index (κ2) is 7.24. The Kier molecular flexibility index (Phi) is 6.20. The van der Waals surface area contributed by atoms with Gasteiger partial charge < -0.3 is 10.5 Å². The lowest BCUT2D eigenvalue weighted by Gasteiger charge is -2.22. The summed E-state index contributed by atoms with van der Waals surface area (Å²) < 4.78 is 5.31. The third-order valence-corrected chi connectivity index (χ3v) is 3.21. The lowest BCUT2D eigenvalue weighted by atomic mass is 9.85. The van der Waals surface area contributed by atoms with E-state index >= 15 is 0 Å². The third-order valence-electron chi connectivity index (χ3n) is 3.21. The predicted molar refractivity (Wildman–Crippen MR) is 60.3 cm³/mol. The molecule has 0 aromatic rings. The minimum atomic E-state index is 0.261. The fraction of sp³-hybridized carbons (Fsp3) is 1.00. The summed E-state index contributed by atoms with van der Waals surface area (Å²) in [5, 5.41) is 0. The van der Waals surface area contributed by atoms with Crippen LogP contribution < -0.4 is 5.73 Å². The Morgan fingerprint density at radius 3 is 2.64 bits per heavy atom. The van der Waals surface area contributed by atoms with Gasteiger partial charge in [0.05, 0.1) is 6.61 Å². The van der Waals surface area contributed by atoms with E-state index in [0.29, 0.717) is 0 Å². The molecule has 2 nitrogen and oxygen atoms in total. The first-order chi connectivity index (χ1) is 6.83. The highest BCUT2D eigenvalue weighted by atomic mass is 16.5. The van der Waals surface area contributed by atoms with Gasteiger partial charge in [0.2, 0.25) is 0 Å². The molecule has 0 spiro atoms. The molecule has 0 bridgehead atoms. The number of rotatable bonds is 6. The number of hydrogen-bond donors (Lipinski definition) is 1. The minimum Gasteiger partial charge on any atom is -0.380 e. The molecule has 1 rings (SSSR count). The van der Waals surface area contributed by atoms with Crippen LogP contribution in [0.25, 0.3) is 0 Å². The molecule has 1 saturated carbocycles. The molecule has 84 valence electrons. The van der Waals surface area contributed by atoms with Gasteiger partial charge in [-0.15, -0.1) is 0 Å². The van der Waals surface area contributed by atoms with Crippen molar-refractivity contribution in [1.82, 2.24) is 0 Å². The van der Waals surface area contributed by atoms with Gasteiger partial charge >= 0.3 is 0 Å². The summed E-state index contributed by atoms with van der Waals surface area (Å²) in [5.74, 6) is 0.955. The number of ether oxygens (including phenoxy) is 1. The van der Waals surface area contributed by atoms with E-state index in [-0.39, 0.29) is 6.04 Å². The van der Waals surface area contributed by atoms with E-state index in [2.05, 4.69) is 0 Å². The monoisotopic (exact) mass is 199 g/mol. The Morgan fingerprint density at radius 1 is 1.29 bits per heavy atom. The highest BCUT2D eigenvalue weighted by Gasteiger charge is 2.14. The molecule has 1 atom stereocenters.